The van der Waals surface area contributed by atoms with Crippen molar-refractivity contribution in [2.45, 2.75) is 78.3 Å². The lowest BCUT2D eigenvalue weighted by molar-refractivity contribution is -0.385. The number of nitro benzene ring substituents is 1. The number of rotatable bonds is 13. The highest BCUT2D eigenvalue weighted by atomic mass is 16.6. The predicted molar refractivity (Wildman–Crippen MR) is 195 cm³/mol. The minimum Gasteiger partial charge on any atom is -0.376 e. The first kappa shape index (κ1) is 33.4. The number of hydrogen-bond acceptors (Lipinski definition) is 5. The summed E-state index contributed by atoms with van der Waals surface area (Å²) in [6, 6.07) is 36.3. The Morgan fingerprint density at radius 1 is 0.596 bits per heavy atom. The number of para-hydroxylation sites is 1. The van der Waals surface area contributed by atoms with Gasteiger partial charge in [0, 0.05) is 23.5 Å². The first-order valence-electron chi connectivity index (χ1n) is 16.6. The minimum absolute atomic E-state index is 0.0128. The van der Waals surface area contributed by atoms with Crippen LogP contribution in [0.1, 0.15) is 110 Å². The SMILES string of the molecule is CC(C)c1cccc(C(C)C)c1NC(C)c1cccc(C(C)Nc2c(Cc3ccccc3)cc([N+](=O)[O-])cc2Cc2ccccc2)n1. The molecule has 2 N–H and O–H groups in total. The second-order valence-electron chi connectivity index (χ2n) is 13.1. The molecule has 0 saturated carbocycles. The van der Waals surface area contributed by atoms with Gasteiger partial charge in [-0.1, -0.05) is 113 Å². The summed E-state index contributed by atoms with van der Waals surface area (Å²) in [5.41, 5.74) is 10.7. The molecule has 4 aromatic carbocycles. The third kappa shape index (κ3) is 8.25. The number of nitro groups is 1. The molecule has 1 heterocycles. The van der Waals surface area contributed by atoms with E-state index in [4.69, 9.17) is 4.98 Å². The Morgan fingerprint density at radius 2 is 1.02 bits per heavy atom. The number of aromatic nitrogens is 1. The van der Waals surface area contributed by atoms with Crippen LogP contribution in [0.15, 0.2) is 109 Å². The lowest BCUT2D eigenvalue weighted by Gasteiger charge is -2.25. The summed E-state index contributed by atoms with van der Waals surface area (Å²) < 4.78 is 0. The number of pyridine rings is 1. The smallest absolute Gasteiger partial charge is 0.270 e. The maximum absolute atomic E-state index is 12.1. The average molecular weight is 627 g/mol. The van der Waals surface area contributed by atoms with Gasteiger partial charge in [-0.15, -0.1) is 0 Å². The molecule has 47 heavy (non-hydrogen) atoms. The van der Waals surface area contributed by atoms with Crippen LogP contribution in [0.2, 0.25) is 0 Å². The molecule has 2 unspecified atom stereocenters. The molecular formula is C41H46N4O2. The van der Waals surface area contributed by atoms with Crippen LogP contribution in [-0.4, -0.2) is 9.91 Å². The minimum atomic E-state index is -0.294. The fraction of sp³-hybridized carbons (Fsp3) is 0.293. The summed E-state index contributed by atoms with van der Waals surface area (Å²) >= 11 is 0. The summed E-state index contributed by atoms with van der Waals surface area (Å²) in [6.07, 6.45) is 1.14. The van der Waals surface area contributed by atoms with Gasteiger partial charge in [-0.2, -0.15) is 0 Å². The van der Waals surface area contributed by atoms with E-state index in [-0.39, 0.29) is 22.7 Å². The van der Waals surface area contributed by atoms with E-state index >= 15 is 0 Å². The lowest BCUT2D eigenvalue weighted by Crippen LogP contribution is -2.16. The van der Waals surface area contributed by atoms with E-state index in [9.17, 15) is 10.1 Å². The molecule has 5 rings (SSSR count). The Bertz CT molecular complexity index is 1710. The van der Waals surface area contributed by atoms with Gasteiger partial charge in [0.25, 0.3) is 5.69 Å². The van der Waals surface area contributed by atoms with E-state index in [0.717, 1.165) is 39.3 Å². The van der Waals surface area contributed by atoms with Crippen molar-refractivity contribution < 1.29 is 4.92 Å². The van der Waals surface area contributed by atoms with Gasteiger partial charge in [-0.3, -0.25) is 15.1 Å². The largest absolute Gasteiger partial charge is 0.376 e. The number of non-ortho nitro benzene ring substituents is 1. The Morgan fingerprint density at radius 3 is 1.45 bits per heavy atom. The molecular weight excluding hydrogens is 580 g/mol. The lowest BCUT2D eigenvalue weighted by atomic mass is 9.92. The Hall–Kier alpha value is -4.97. The summed E-state index contributed by atoms with van der Waals surface area (Å²) in [7, 11) is 0. The monoisotopic (exact) mass is 626 g/mol. The number of anilines is 2. The van der Waals surface area contributed by atoms with Crippen molar-refractivity contribution in [1.82, 2.24) is 4.98 Å². The standard InChI is InChI=1S/C41H46N4O2/c1-27(2)36-19-13-20-37(28(3)4)41(36)43-30(6)39-22-14-21-38(44-39)29(5)42-40-33(23-31-15-9-7-10-16-31)25-35(45(46)47)26-34(40)24-32-17-11-8-12-18-32/h7-22,25-30,42-43H,23-24H2,1-6H3. The van der Waals surface area contributed by atoms with Crippen molar-refractivity contribution in [3.63, 3.8) is 0 Å². The highest BCUT2D eigenvalue weighted by Gasteiger charge is 2.21. The van der Waals surface area contributed by atoms with Gasteiger partial charge in [0.2, 0.25) is 0 Å². The normalized spacial score (nSPS) is 12.6. The molecule has 242 valence electrons. The molecule has 2 atom stereocenters. The maximum Gasteiger partial charge on any atom is 0.270 e. The van der Waals surface area contributed by atoms with Crippen molar-refractivity contribution >= 4 is 17.1 Å². The van der Waals surface area contributed by atoms with Crippen molar-refractivity contribution in [1.29, 1.82) is 0 Å². The maximum atomic E-state index is 12.1. The number of nitrogens with one attached hydrogen (secondary N) is 2. The van der Waals surface area contributed by atoms with E-state index in [2.05, 4.69) is 113 Å². The summed E-state index contributed by atoms with van der Waals surface area (Å²) in [4.78, 5) is 16.9. The molecule has 0 fully saturated rings. The molecule has 0 radical (unpaired) electrons. The van der Waals surface area contributed by atoms with Gasteiger partial charge in [0.1, 0.15) is 0 Å². The fourth-order valence-electron chi connectivity index (χ4n) is 6.20. The number of nitrogens with zero attached hydrogens (tertiary/aromatic N) is 2. The molecule has 0 amide bonds. The van der Waals surface area contributed by atoms with Crippen LogP contribution in [0.4, 0.5) is 17.1 Å². The van der Waals surface area contributed by atoms with E-state index < -0.39 is 0 Å². The summed E-state index contributed by atoms with van der Waals surface area (Å²) in [5.74, 6) is 0.785. The van der Waals surface area contributed by atoms with E-state index in [1.54, 1.807) is 12.1 Å². The van der Waals surface area contributed by atoms with Gasteiger partial charge >= 0.3 is 0 Å². The molecule has 1 aromatic heterocycles. The molecule has 6 nitrogen and oxygen atoms in total. The van der Waals surface area contributed by atoms with Crippen LogP contribution in [0, 0.1) is 10.1 Å². The second-order valence-corrected chi connectivity index (χ2v) is 13.1. The highest BCUT2D eigenvalue weighted by molar-refractivity contribution is 5.65. The molecule has 0 spiro atoms. The van der Waals surface area contributed by atoms with E-state index in [1.807, 2.05) is 36.4 Å². The van der Waals surface area contributed by atoms with Crippen molar-refractivity contribution in [2.75, 3.05) is 10.6 Å². The fourth-order valence-corrected chi connectivity index (χ4v) is 6.20. The Balaban J connectivity index is 1.49. The molecule has 0 aliphatic carbocycles. The van der Waals surface area contributed by atoms with Crippen molar-refractivity contribution in [3.05, 3.63) is 164 Å². The number of benzene rings is 4. The third-order valence-corrected chi connectivity index (χ3v) is 8.75. The Kier molecular flexibility index (Phi) is 10.7. The zero-order valence-electron chi connectivity index (χ0n) is 28.3. The van der Waals surface area contributed by atoms with Crippen LogP contribution in [0.3, 0.4) is 0 Å². The molecule has 0 aliphatic rings. The van der Waals surface area contributed by atoms with Crippen LogP contribution >= 0.6 is 0 Å². The van der Waals surface area contributed by atoms with Gasteiger partial charge in [0.15, 0.2) is 0 Å². The predicted octanol–water partition coefficient (Wildman–Crippen LogP) is 10.8. The van der Waals surface area contributed by atoms with Gasteiger partial charge < -0.3 is 10.6 Å². The summed E-state index contributed by atoms with van der Waals surface area (Å²) in [6.45, 7) is 13.2. The van der Waals surface area contributed by atoms with Crippen molar-refractivity contribution in [3.8, 4) is 0 Å². The second kappa shape index (κ2) is 15.1. The van der Waals surface area contributed by atoms with Crippen molar-refractivity contribution in [2.24, 2.45) is 0 Å². The quantitative estimate of drug-likeness (QED) is 0.100. The van der Waals surface area contributed by atoms with Crippen LogP contribution in [-0.2, 0) is 12.8 Å². The summed E-state index contributed by atoms with van der Waals surface area (Å²) in [5, 5.41) is 19.7. The van der Waals surface area contributed by atoms with E-state index in [0.29, 0.717) is 24.7 Å². The first-order valence-corrected chi connectivity index (χ1v) is 16.6. The van der Waals surface area contributed by atoms with Crippen LogP contribution in [0.5, 0.6) is 0 Å². The van der Waals surface area contributed by atoms with Gasteiger partial charge in [-0.05, 0) is 84.0 Å². The zero-order chi connectivity index (χ0) is 33.5. The van der Waals surface area contributed by atoms with E-state index in [1.165, 1.54) is 16.8 Å². The van der Waals surface area contributed by atoms with Gasteiger partial charge in [0.05, 0.1) is 28.4 Å². The first-order chi connectivity index (χ1) is 22.6. The molecule has 0 bridgehead atoms. The van der Waals surface area contributed by atoms with Crippen LogP contribution in [0.25, 0.3) is 0 Å². The number of hydrogen-bond donors (Lipinski definition) is 2. The zero-order valence-corrected chi connectivity index (χ0v) is 28.3. The average Bonchev–Trinajstić information content (AvgIpc) is 3.06. The van der Waals surface area contributed by atoms with Gasteiger partial charge in [-0.25, -0.2) is 0 Å². The topological polar surface area (TPSA) is 80.1 Å². The highest BCUT2D eigenvalue weighted by Crippen LogP contribution is 2.36. The molecule has 0 saturated heterocycles. The molecule has 5 aromatic rings. The van der Waals surface area contributed by atoms with Crippen LogP contribution < -0.4 is 10.6 Å². The third-order valence-electron chi connectivity index (χ3n) is 8.75. The Labute approximate surface area is 279 Å². The molecule has 0 aliphatic heterocycles. The molecule has 6 heteroatoms.